The number of anilines is 1. The van der Waals surface area contributed by atoms with Gasteiger partial charge in [-0.05, 0) is 17.7 Å². The number of rotatable bonds is 8. The van der Waals surface area contributed by atoms with Crippen molar-refractivity contribution >= 4 is 39.2 Å². The number of hydrogen-bond acceptors (Lipinski definition) is 6. The highest BCUT2D eigenvalue weighted by atomic mass is 32.1. The summed E-state index contributed by atoms with van der Waals surface area (Å²) >= 11 is 1.20. The Morgan fingerprint density at radius 3 is 2.67 bits per heavy atom. The molecule has 2 amide bonds. The zero-order chi connectivity index (χ0) is 23.4. The first-order chi connectivity index (χ1) is 16.0. The van der Waals surface area contributed by atoms with Gasteiger partial charge in [0.25, 0.3) is 5.91 Å². The molecular weight excluding hydrogens is 440 g/mol. The van der Waals surface area contributed by atoms with Crippen molar-refractivity contribution in [2.24, 2.45) is 0 Å². The van der Waals surface area contributed by atoms with Gasteiger partial charge in [-0.2, -0.15) is 0 Å². The average Bonchev–Trinajstić information content (AvgIpc) is 3.46. The molecule has 9 heteroatoms. The highest BCUT2D eigenvalue weighted by molar-refractivity contribution is 7.14. The van der Waals surface area contributed by atoms with Crippen LogP contribution in [0.1, 0.15) is 34.5 Å². The fourth-order valence-corrected chi connectivity index (χ4v) is 4.56. The van der Waals surface area contributed by atoms with Gasteiger partial charge in [-0.3, -0.25) is 9.59 Å². The van der Waals surface area contributed by atoms with Crippen LogP contribution in [0.4, 0.5) is 5.13 Å². The van der Waals surface area contributed by atoms with Crippen LogP contribution in [0, 0.1) is 0 Å². The average molecular weight is 465 g/mol. The number of benzene rings is 2. The fraction of sp³-hybridized carbons (Fsp3) is 0.208. The number of thiazole rings is 1. The largest absolute Gasteiger partial charge is 0.493 e. The van der Waals surface area contributed by atoms with E-state index in [1.54, 1.807) is 19.6 Å². The molecule has 0 aliphatic heterocycles. The predicted molar refractivity (Wildman–Crippen MR) is 128 cm³/mol. The van der Waals surface area contributed by atoms with Crippen LogP contribution in [-0.4, -0.2) is 42.5 Å². The van der Waals surface area contributed by atoms with E-state index in [0.29, 0.717) is 23.2 Å². The Morgan fingerprint density at radius 2 is 1.91 bits per heavy atom. The lowest BCUT2D eigenvalue weighted by atomic mass is 9.89. The second kappa shape index (κ2) is 9.74. The first-order valence-corrected chi connectivity index (χ1v) is 11.2. The molecule has 8 nitrogen and oxygen atoms in total. The number of para-hydroxylation sites is 2. The molecule has 2 aromatic carbocycles. The number of carbonyl (C=O) groups is 2. The third kappa shape index (κ3) is 4.68. The molecule has 1 unspecified atom stereocenters. The summed E-state index contributed by atoms with van der Waals surface area (Å²) in [7, 11) is 3.20. The SMILES string of the molecule is COc1cccc(C(CNC(=O)c2csc(NC(C)=O)n2)c2c[nH]c3ccccc23)c1OC. The first kappa shape index (κ1) is 22.3. The topological polar surface area (TPSA) is 105 Å². The molecular formula is C24H24N4O4S. The van der Waals surface area contributed by atoms with Crippen molar-refractivity contribution in [1.82, 2.24) is 15.3 Å². The van der Waals surface area contributed by atoms with Gasteiger partial charge in [-0.15, -0.1) is 11.3 Å². The Labute approximate surface area is 195 Å². The molecule has 0 spiro atoms. The van der Waals surface area contributed by atoms with Gasteiger partial charge in [0.1, 0.15) is 5.69 Å². The van der Waals surface area contributed by atoms with Crippen molar-refractivity contribution in [3.63, 3.8) is 0 Å². The highest BCUT2D eigenvalue weighted by Crippen LogP contribution is 2.40. The molecule has 2 heterocycles. The Balaban J connectivity index is 1.68. The molecule has 2 aromatic heterocycles. The molecule has 0 aliphatic carbocycles. The van der Waals surface area contributed by atoms with Crippen LogP contribution in [0.25, 0.3) is 10.9 Å². The third-order valence-corrected chi connectivity index (χ3v) is 6.05. The Bertz CT molecular complexity index is 1300. The molecule has 0 radical (unpaired) electrons. The van der Waals surface area contributed by atoms with E-state index in [0.717, 1.165) is 22.0 Å². The summed E-state index contributed by atoms with van der Waals surface area (Å²) in [5, 5.41) is 8.64. The number of hydrogen-bond donors (Lipinski definition) is 3. The number of carbonyl (C=O) groups excluding carboxylic acids is 2. The minimum Gasteiger partial charge on any atom is -0.493 e. The summed E-state index contributed by atoms with van der Waals surface area (Å²) in [5.41, 5.74) is 3.16. The van der Waals surface area contributed by atoms with Gasteiger partial charge in [0, 0.05) is 47.4 Å². The number of H-pyrrole nitrogens is 1. The van der Waals surface area contributed by atoms with E-state index in [1.807, 2.05) is 48.7 Å². The number of aromatic nitrogens is 2. The molecule has 33 heavy (non-hydrogen) atoms. The minimum atomic E-state index is -0.324. The normalized spacial score (nSPS) is 11.7. The lowest BCUT2D eigenvalue weighted by Crippen LogP contribution is -2.29. The Kier molecular flexibility index (Phi) is 6.60. The number of nitrogens with zero attached hydrogens (tertiary/aromatic N) is 1. The highest BCUT2D eigenvalue weighted by Gasteiger charge is 2.25. The second-order valence-corrected chi connectivity index (χ2v) is 8.21. The summed E-state index contributed by atoms with van der Waals surface area (Å²) in [6.45, 7) is 1.70. The molecule has 0 fully saturated rings. The molecule has 170 valence electrons. The Morgan fingerprint density at radius 1 is 1.09 bits per heavy atom. The molecule has 4 rings (SSSR count). The molecule has 0 bridgehead atoms. The lowest BCUT2D eigenvalue weighted by molar-refractivity contribution is -0.114. The summed E-state index contributed by atoms with van der Waals surface area (Å²) in [5.74, 6) is 0.454. The van der Waals surface area contributed by atoms with Crippen LogP contribution in [0.2, 0.25) is 0 Å². The maximum atomic E-state index is 12.8. The summed E-state index contributed by atoms with van der Waals surface area (Å²) in [6.07, 6.45) is 1.96. The van der Waals surface area contributed by atoms with Crippen molar-refractivity contribution in [1.29, 1.82) is 0 Å². The number of fused-ring (bicyclic) bond motifs is 1. The van der Waals surface area contributed by atoms with E-state index in [-0.39, 0.29) is 23.4 Å². The number of ether oxygens (including phenoxy) is 2. The lowest BCUT2D eigenvalue weighted by Gasteiger charge is -2.21. The summed E-state index contributed by atoms with van der Waals surface area (Å²) in [4.78, 5) is 31.6. The number of amides is 2. The van der Waals surface area contributed by atoms with Crippen LogP contribution in [0.5, 0.6) is 11.5 Å². The molecule has 0 saturated carbocycles. The quantitative estimate of drug-likeness (QED) is 0.363. The molecule has 0 aliphatic rings. The third-order valence-electron chi connectivity index (χ3n) is 5.29. The standard InChI is InChI=1S/C24H24N4O4S/c1-14(29)27-24-28-20(13-33-24)23(30)26-12-18(16-8-6-10-21(31-2)22(16)32-3)17-11-25-19-9-5-4-7-15(17)19/h4-11,13,18,25H,12H2,1-3H3,(H,26,30)(H,27,28,29). The van der Waals surface area contributed by atoms with Gasteiger partial charge in [0.05, 0.1) is 14.2 Å². The van der Waals surface area contributed by atoms with Crippen molar-refractivity contribution < 1.29 is 19.1 Å². The van der Waals surface area contributed by atoms with Gasteiger partial charge in [-0.1, -0.05) is 30.3 Å². The smallest absolute Gasteiger partial charge is 0.270 e. The fourth-order valence-electron chi connectivity index (χ4n) is 3.83. The number of aromatic amines is 1. The van der Waals surface area contributed by atoms with E-state index in [1.165, 1.54) is 18.3 Å². The van der Waals surface area contributed by atoms with Gasteiger partial charge in [-0.25, -0.2) is 4.98 Å². The molecule has 3 N–H and O–H groups in total. The zero-order valence-electron chi connectivity index (χ0n) is 18.5. The molecule has 4 aromatic rings. The van der Waals surface area contributed by atoms with E-state index in [2.05, 4.69) is 20.6 Å². The van der Waals surface area contributed by atoms with Crippen molar-refractivity contribution in [3.8, 4) is 11.5 Å². The first-order valence-electron chi connectivity index (χ1n) is 10.3. The number of nitrogens with one attached hydrogen (secondary N) is 3. The number of methoxy groups -OCH3 is 2. The minimum absolute atomic E-state index is 0.219. The maximum absolute atomic E-state index is 12.8. The van der Waals surface area contributed by atoms with Crippen molar-refractivity contribution in [3.05, 3.63) is 70.9 Å². The van der Waals surface area contributed by atoms with Gasteiger partial charge in [0.2, 0.25) is 5.91 Å². The summed E-state index contributed by atoms with van der Waals surface area (Å²) in [6, 6.07) is 13.7. The van der Waals surface area contributed by atoms with Crippen LogP contribution in [0.3, 0.4) is 0 Å². The van der Waals surface area contributed by atoms with Gasteiger partial charge in [0.15, 0.2) is 16.6 Å². The second-order valence-electron chi connectivity index (χ2n) is 7.35. The summed E-state index contributed by atoms with van der Waals surface area (Å²) < 4.78 is 11.2. The van der Waals surface area contributed by atoms with E-state index >= 15 is 0 Å². The molecule has 1 atom stereocenters. The predicted octanol–water partition coefficient (Wildman–Crippen LogP) is 4.16. The van der Waals surface area contributed by atoms with Crippen LogP contribution in [-0.2, 0) is 4.79 Å². The van der Waals surface area contributed by atoms with Crippen LogP contribution < -0.4 is 20.1 Å². The molecule has 0 saturated heterocycles. The van der Waals surface area contributed by atoms with Crippen LogP contribution in [0.15, 0.2) is 54.0 Å². The van der Waals surface area contributed by atoms with Crippen LogP contribution >= 0.6 is 11.3 Å². The van der Waals surface area contributed by atoms with Gasteiger partial charge >= 0.3 is 0 Å². The Hall–Kier alpha value is -3.85. The zero-order valence-corrected chi connectivity index (χ0v) is 19.3. The van der Waals surface area contributed by atoms with Crippen molar-refractivity contribution in [2.75, 3.05) is 26.1 Å². The van der Waals surface area contributed by atoms with E-state index in [9.17, 15) is 9.59 Å². The van der Waals surface area contributed by atoms with E-state index < -0.39 is 0 Å². The maximum Gasteiger partial charge on any atom is 0.270 e. The van der Waals surface area contributed by atoms with E-state index in [4.69, 9.17) is 9.47 Å². The van der Waals surface area contributed by atoms with Gasteiger partial charge < -0.3 is 25.1 Å². The monoisotopic (exact) mass is 464 g/mol. The van der Waals surface area contributed by atoms with Crippen molar-refractivity contribution in [2.45, 2.75) is 12.8 Å².